The maximum Gasteiger partial charge on any atom is 0.352 e. The molecule has 2 aromatic rings. The fraction of sp³-hybridized carbons (Fsp3) is 0.100. The molecule has 0 aliphatic carbocycles. The second-order valence-corrected chi connectivity index (χ2v) is 3.34. The number of H-pyrrole nitrogens is 1. The van der Waals surface area contributed by atoms with E-state index in [4.69, 9.17) is 5.11 Å². The van der Waals surface area contributed by atoms with Crippen molar-refractivity contribution in [2.75, 3.05) is 0 Å². The number of aromatic carboxylic acids is 1. The molecule has 1 aromatic carbocycles. The van der Waals surface area contributed by atoms with Crippen LogP contribution in [0.1, 0.15) is 16.1 Å². The van der Waals surface area contributed by atoms with Crippen molar-refractivity contribution in [3.63, 3.8) is 0 Å². The summed E-state index contributed by atoms with van der Waals surface area (Å²) in [5.41, 5.74) is 2.09. The number of nitrogens with one attached hydrogen (secondary N) is 1. The Morgan fingerprint density at radius 3 is 2.93 bits per heavy atom. The topological polar surface area (TPSA) is 53.1 Å². The lowest BCUT2D eigenvalue weighted by molar-refractivity contribution is 0.0691. The highest BCUT2D eigenvalue weighted by atomic mass is 32.1. The quantitative estimate of drug-likeness (QED) is 0.662. The Hall–Kier alpha value is -1.42. The number of carbonyl (C=O) groups is 1. The fourth-order valence-electron chi connectivity index (χ4n) is 1.47. The summed E-state index contributed by atoms with van der Waals surface area (Å²) in [7, 11) is 0. The van der Waals surface area contributed by atoms with Gasteiger partial charge in [-0.25, -0.2) is 4.79 Å². The summed E-state index contributed by atoms with van der Waals surface area (Å²) in [6.45, 7) is 0. The van der Waals surface area contributed by atoms with Gasteiger partial charge in [-0.05, 0) is 11.6 Å². The number of aromatic nitrogens is 1. The molecule has 14 heavy (non-hydrogen) atoms. The van der Waals surface area contributed by atoms with Gasteiger partial charge >= 0.3 is 5.97 Å². The Kier molecular flexibility index (Phi) is 2.21. The SMILES string of the molecule is O=C(O)c1cc2cccc(CS)c2[nH]1. The predicted molar refractivity (Wildman–Crippen MR) is 57.9 cm³/mol. The largest absolute Gasteiger partial charge is 0.477 e. The number of fused-ring (bicyclic) bond motifs is 1. The monoisotopic (exact) mass is 207 g/mol. The highest BCUT2D eigenvalue weighted by Crippen LogP contribution is 2.20. The van der Waals surface area contributed by atoms with Crippen molar-refractivity contribution in [3.05, 3.63) is 35.5 Å². The van der Waals surface area contributed by atoms with E-state index in [2.05, 4.69) is 17.6 Å². The van der Waals surface area contributed by atoms with E-state index in [1.165, 1.54) is 0 Å². The molecule has 0 aliphatic heterocycles. The Bertz CT molecular complexity index is 490. The molecule has 0 fully saturated rings. The molecule has 3 nitrogen and oxygen atoms in total. The van der Waals surface area contributed by atoms with Gasteiger partial charge < -0.3 is 10.1 Å². The molecule has 1 heterocycles. The van der Waals surface area contributed by atoms with Gasteiger partial charge in [-0.15, -0.1) is 0 Å². The zero-order chi connectivity index (χ0) is 10.1. The van der Waals surface area contributed by atoms with Gasteiger partial charge in [-0.3, -0.25) is 0 Å². The van der Waals surface area contributed by atoms with E-state index in [1.807, 2.05) is 18.2 Å². The zero-order valence-electron chi connectivity index (χ0n) is 7.32. The average molecular weight is 207 g/mol. The second-order valence-electron chi connectivity index (χ2n) is 3.03. The molecule has 0 amide bonds. The second kappa shape index (κ2) is 3.38. The van der Waals surface area contributed by atoms with Crippen molar-refractivity contribution in [1.29, 1.82) is 0 Å². The molecule has 2 N–H and O–H groups in total. The van der Waals surface area contributed by atoms with Crippen LogP contribution in [0.2, 0.25) is 0 Å². The van der Waals surface area contributed by atoms with E-state index >= 15 is 0 Å². The van der Waals surface area contributed by atoms with Crippen LogP contribution in [0, 0.1) is 0 Å². The number of carboxylic acids is 1. The van der Waals surface area contributed by atoms with Gasteiger partial charge in [-0.2, -0.15) is 12.6 Å². The summed E-state index contributed by atoms with van der Waals surface area (Å²) in [4.78, 5) is 13.6. The number of rotatable bonds is 2. The van der Waals surface area contributed by atoms with Crippen LogP contribution < -0.4 is 0 Å². The lowest BCUT2D eigenvalue weighted by atomic mass is 10.2. The molecule has 0 unspecified atom stereocenters. The summed E-state index contributed by atoms with van der Waals surface area (Å²) < 4.78 is 0. The molecular weight excluding hydrogens is 198 g/mol. The molecule has 0 atom stereocenters. The van der Waals surface area contributed by atoms with Crippen LogP contribution in [-0.2, 0) is 5.75 Å². The van der Waals surface area contributed by atoms with Gasteiger partial charge in [0, 0.05) is 11.1 Å². The van der Waals surface area contributed by atoms with Crippen molar-refractivity contribution >= 4 is 29.5 Å². The van der Waals surface area contributed by atoms with Crippen LogP contribution in [0.15, 0.2) is 24.3 Å². The minimum Gasteiger partial charge on any atom is -0.477 e. The molecule has 0 radical (unpaired) electrons. The first-order chi connectivity index (χ1) is 6.72. The highest BCUT2D eigenvalue weighted by molar-refractivity contribution is 7.79. The minimum atomic E-state index is -0.939. The van der Waals surface area contributed by atoms with Gasteiger partial charge in [0.1, 0.15) is 5.69 Å². The van der Waals surface area contributed by atoms with E-state index in [-0.39, 0.29) is 5.69 Å². The first-order valence-electron chi connectivity index (χ1n) is 4.17. The Balaban J connectivity index is 2.70. The van der Waals surface area contributed by atoms with Crippen LogP contribution in [0.3, 0.4) is 0 Å². The number of hydrogen-bond acceptors (Lipinski definition) is 2. The fourth-order valence-corrected chi connectivity index (χ4v) is 1.73. The third-order valence-electron chi connectivity index (χ3n) is 2.14. The first kappa shape index (κ1) is 9.15. The summed E-state index contributed by atoms with van der Waals surface area (Å²) >= 11 is 4.18. The standard InChI is InChI=1S/C10H9NO2S/c12-10(13)8-4-6-2-1-3-7(5-14)9(6)11-8/h1-4,11,14H,5H2,(H,12,13). The highest BCUT2D eigenvalue weighted by Gasteiger charge is 2.08. The Morgan fingerprint density at radius 2 is 2.29 bits per heavy atom. The zero-order valence-corrected chi connectivity index (χ0v) is 8.21. The average Bonchev–Trinajstić information content (AvgIpc) is 2.60. The molecule has 1 aromatic heterocycles. The third kappa shape index (κ3) is 1.37. The van der Waals surface area contributed by atoms with Crippen molar-refractivity contribution in [2.45, 2.75) is 5.75 Å². The molecule has 0 aliphatic rings. The van der Waals surface area contributed by atoms with E-state index in [9.17, 15) is 4.79 Å². The van der Waals surface area contributed by atoms with Gasteiger partial charge in [0.25, 0.3) is 0 Å². The van der Waals surface area contributed by atoms with Crippen molar-refractivity contribution in [2.24, 2.45) is 0 Å². The maximum atomic E-state index is 10.7. The molecular formula is C10H9NO2S. The van der Waals surface area contributed by atoms with E-state index in [0.717, 1.165) is 16.5 Å². The van der Waals surface area contributed by atoms with E-state index in [1.54, 1.807) is 6.07 Å². The number of aromatic amines is 1. The summed E-state index contributed by atoms with van der Waals surface area (Å²) in [5, 5.41) is 9.71. The number of hydrogen-bond donors (Lipinski definition) is 3. The van der Waals surface area contributed by atoms with Crippen LogP contribution in [0.4, 0.5) is 0 Å². The maximum absolute atomic E-state index is 10.7. The van der Waals surface area contributed by atoms with Crippen LogP contribution in [0.25, 0.3) is 10.9 Å². The molecule has 0 bridgehead atoms. The first-order valence-corrected chi connectivity index (χ1v) is 4.80. The number of carboxylic acid groups (broad SMARTS) is 1. The summed E-state index contributed by atoms with van der Waals surface area (Å²) in [5.74, 6) is -0.344. The lowest BCUT2D eigenvalue weighted by Crippen LogP contribution is -1.95. The summed E-state index contributed by atoms with van der Waals surface area (Å²) in [6, 6.07) is 7.33. The lowest BCUT2D eigenvalue weighted by Gasteiger charge is -1.96. The molecule has 2 rings (SSSR count). The van der Waals surface area contributed by atoms with Crippen LogP contribution in [0.5, 0.6) is 0 Å². The molecule has 72 valence electrons. The van der Waals surface area contributed by atoms with Gasteiger partial charge in [0.05, 0.1) is 5.52 Å². The Labute approximate surface area is 86.2 Å². The van der Waals surface area contributed by atoms with Gasteiger partial charge in [-0.1, -0.05) is 18.2 Å². The number of para-hydroxylation sites is 1. The van der Waals surface area contributed by atoms with Crippen LogP contribution >= 0.6 is 12.6 Å². The smallest absolute Gasteiger partial charge is 0.352 e. The van der Waals surface area contributed by atoms with E-state index in [0.29, 0.717) is 5.75 Å². The van der Waals surface area contributed by atoms with Crippen LogP contribution in [-0.4, -0.2) is 16.1 Å². The molecule has 0 saturated carbocycles. The van der Waals surface area contributed by atoms with Gasteiger partial charge in [0.15, 0.2) is 0 Å². The van der Waals surface area contributed by atoms with Crippen molar-refractivity contribution in [3.8, 4) is 0 Å². The van der Waals surface area contributed by atoms with Crippen molar-refractivity contribution < 1.29 is 9.90 Å². The summed E-state index contributed by atoms with van der Waals surface area (Å²) in [6.07, 6.45) is 0. The molecule has 0 spiro atoms. The molecule has 4 heteroatoms. The third-order valence-corrected chi connectivity index (χ3v) is 2.48. The van der Waals surface area contributed by atoms with Gasteiger partial charge in [0.2, 0.25) is 0 Å². The Morgan fingerprint density at radius 1 is 1.50 bits per heavy atom. The minimum absolute atomic E-state index is 0.217. The van der Waals surface area contributed by atoms with Crippen molar-refractivity contribution in [1.82, 2.24) is 4.98 Å². The molecule has 0 saturated heterocycles. The number of benzene rings is 1. The normalized spacial score (nSPS) is 10.6. The van der Waals surface area contributed by atoms with E-state index < -0.39 is 5.97 Å². The number of thiol groups is 1. The predicted octanol–water partition coefficient (Wildman–Crippen LogP) is 2.30.